The Kier molecular flexibility index (Phi) is 8.43. The number of nitrogens with two attached hydrogens (primary N) is 1. The third-order valence-corrected chi connectivity index (χ3v) is 3.99. The molecular formula is C19H27N3O4. The highest BCUT2D eigenvalue weighted by Crippen LogP contribution is 2.23. The Hall–Kier alpha value is -2.75. The van der Waals surface area contributed by atoms with Crippen molar-refractivity contribution in [1.29, 1.82) is 5.26 Å². The number of carboxylic acid groups (broad SMARTS) is 1. The van der Waals surface area contributed by atoms with E-state index in [0.29, 0.717) is 30.2 Å². The molecule has 0 aliphatic carbocycles. The van der Waals surface area contributed by atoms with E-state index < -0.39 is 11.4 Å². The number of hydrogen-bond donors (Lipinski definition) is 3. The van der Waals surface area contributed by atoms with Gasteiger partial charge in [-0.2, -0.15) is 5.26 Å². The summed E-state index contributed by atoms with van der Waals surface area (Å²) < 4.78 is 5.61. The normalized spacial score (nSPS) is 10.8. The molecule has 7 nitrogen and oxygen atoms in total. The van der Waals surface area contributed by atoms with Gasteiger partial charge in [-0.25, -0.2) is 0 Å². The predicted octanol–water partition coefficient (Wildman–Crippen LogP) is 2.70. The summed E-state index contributed by atoms with van der Waals surface area (Å²) in [6.45, 7) is 4.27. The molecule has 0 aromatic heterocycles. The number of unbranched alkanes of at least 4 members (excludes halogenated alkanes) is 3. The summed E-state index contributed by atoms with van der Waals surface area (Å²) >= 11 is 0. The minimum absolute atomic E-state index is 0.190. The van der Waals surface area contributed by atoms with Crippen LogP contribution in [0, 0.1) is 16.7 Å². The van der Waals surface area contributed by atoms with Gasteiger partial charge >= 0.3 is 5.97 Å². The van der Waals surface area contributed by atoms with Crippen LogP contribution in [-0.2, 0) is 9.59 Å². The first-order valence-electron chi connectivity index (χ1n) is 8.69. The standard InChI is InChI=1S/C19H27N3O4/c1-19(2,12-17(23)24)18(25)22-10-5-3-4-6-11-26-16-9-7-8-15(21)14(16)13-20/h7-9H,3-6,10-12,21H2,1-2H3,(H,22,25)(H,23,24). The summed E-state index contributed by atoms with van der Waals surface area (Å²) in [6, 6.07) is 7.18. The summed E-state index contributed by atoms with van der Waals surface area (Å²) in [5.41, 5.74) is 5.59. The molecule has 1 rings (SSSR count). The van der Waals surface area contributed by atoms with Crippen LogP contribution in [0.2, 0.25) is 0 Å². The van der Waals surface area contributed by atoms with Gasteiger partial charge < -0.3 is 20.9 Å². The Morgan fingerprint density at radius 3 is 2.62 bits per heavy atom. The van der Waals surface area contributed by atoms with E-state index in [9.17, 15) is 9.59 Å². The SMILES string of the molecule is CC(C)(CC(=O)O)C(=O)NCCCCCCOc1cccc(N)c1C#N. The van der Waals surface area contributed by atoms with Crippen molar-refractivity contribution in [3.8, 4) is 11.8 Å². The number of nitrogen functional groups attached to an aromatic ring is 1. The fourth-order valence-corrected chi connectivity index (χ4v) is 2.45. The average molecular weight is 361 g/mol. The molecule has 0 aliphatic rings. The molecule has 0 atom stereocenters. The first kappa shape index (κ1) is 21.3. The van der Waals surface area contributed by atoms with Crippen LogP contribution < -0.4 is 15.8 Å². The lowest BCUT2D eigenvalue weighted by molar-refractivity contribution is -0.144. The molecule has 0 heterocycles. The Morgan fingerprint density at radius 1 is 1.27 bits per heavy atom. The lowest BCUT2D eigenvalue weighted by atomic mass is 9.88. The topological polar surface area (TPSA) is 125 Å². The lowest BCUT2D eigenvalue weighted by Gasteiger charge is -2.21. The molecule has 1 aromatic rings. The Bertz CT molecular complexity index is 665. The second kappa shape index (κ2) is 10.3. The molecular weight excluding hydrogens is 334 g/mol. The molecule has 0 aliphatic heterocycles. The maximum atomic E-state index is 11.9. The summed E-state index contributed by atoms with van der Waals surface area (Å²) in [5.74, 6) is -0.723. The van der Waals surface area contributed by atoms with Crippen LogP contribution in [0.5, 0.6) is 5.75 Å². The number of nitrogens with zero attached hydrogens (tertiary/aromatic N) is 1. The van der Waals surface area contributed by atoms with Gasteiger partial charge in [0.15, 0.2) is 0 Å². The molecule has 1 aromatic carbocycles. The highest BCUT2D eigenvalue weighted by molar-refractivity contribution is 5.86. The summed E-state index contributed by atoms with van der Waals surface area (Å²) in [7, 11) is 0. The zero-order valence-electron chi connectivity index (χ0n) is 15.4. The van der Waals surface area contributed by atoms with Gasteiger partial charge in [-0.3, -0.25) is 9.59 Å². The van der Waals surface area contributed by atoms with Crippen molar-refractivity contribution in [3.63, 3.8) is 0 Å². The van der Waals surface area contributed by atoms with Crippen molar-refractivity contribution in [2.24, 2.45) is 5.41 Å². The zero-order chi connectivity index (χ0) is 19.6. The lowest BCUT2D eigenvalue weighted by Crippen LogP contribution is -2.38. The molecule has 26 heavy (non-hydrogen) atoms. The zero-order valence-corrected chi connectivity index (χ0v) is 15.4. The Balaban J connectivity index is 2.17. The molecule has 7 heteroatoms. The van der Waals surface area contributed by atoms with E-state index in [1.165, 1.54) is 0 Å². The molecule has 0 saturated heterocycles. The predicted molar refractivity (Wildman–Crippen MR) is 98.6 cm³/mol. The number of nitriles is 1. The quantitative estimate of drug-likeness (QED) is 0.411. The number of carboxylic acids is 1. The van der Waals surface area contributed by atoms with Crippen LogP contribution in [0.4, 0.5) is 5.69 Å². The third-order valence-electron chi connectivity index (χ3n) is 3.99. The van der Waals surface area contributed by atoms with Gasteiger partial charge in [0, 0.05) is 6.54 Å². The molecule has 0 unspecified atom stereocenters. The van der Waals surface area contributed by atoms with Gasteiger partial charge in [-0.1, -0.05) is 32.8 Å². The first-order valence-corrected chi connectivity index (χ1v) is 8.69. The van der Waals surface area contributed by atoms with Crippen molar-refractivity contribution >= 4 is 17.6 Å². The number of carbonyl (C=O) groups excluding carboxylic acids is 1. The third kappa shape index (κ3) is 7.01. The number of nitrogens with one attached hydrogen (secondary N) is 1. The van der Waals surface area contributed by atoms with Gasteiger partial charge in [-0.15, -0.1) is 0 Å². The number of hydrogen-bond acceptors (Lipinski definition) is 5. The van der Waals surface area contributed by atoms with E-state index >= 15 is 0 Å². The first-order chi connectivity index (χ1) is 12.3. The van der Waals surface area contributed by atoms with Crippen LogP contribution in [0.25, 0.3) is 0 Å². The van der Waals surface area contributed by atoms with Crippen molar-refractivity contribution in [1.82, 2.24) is 5.32 Å². The number of aliphatic carboxylic acids is 1. The molecule has 0 saturated carbocycles. The largest absolute Gasteiger partial charge is 0.492 e. The summed E-state index contributed by atoms with van der Waals surface area (Å²) in [6.07, 6.45) is 3.31. The van der Waals surface area contributed by atoms with Gasteiger partial charge in [0.2, 0.25) is 5.91 Å². The van der Waals surface area contributed by atoms with E-state index in [2.05, 4.69) is 5.32 Å². The molecule has 1 amide bonds. The minimum atomic E-state index is -0.982. The summed E-state index contributed by atoms with van der Waals surface area (Å²) in [5, 5.41) is 20.7. The van der Waals surface area contributed by atoms with Gasteiger partial charge in [0.1, 0.15) is 17.4 Å². The minimum Gasteiger partial charge on any atom is -0.492 e. The number of amides is 1. The average Bonchev–Trinajstić information content (AvgIpc) is 2.56. The Labute approximate surface area is 154 Å². The number of ether oxygens (including phenoxy) is 1. The van der Waals surface area contributed by atoms with Gasteiger partial charge in [-0.05, 0) is 25.0 Å². The maximum absolute atomic E-state index is 11.9. The number of carbonyl (C=O) groups is 2. The number of rotatable bonds is 11. The van der Waals surface area contributed by atoms with Crippen LogP contribution in [0.3, 0.4) is 0 Å². The van der Waals surface area contributed by atoms with Crippen LogP contribution >= 0.6 is 0 Å². The molecule has 0 fully saturated rings. The molecule has 0 radical (unpaired) electrons. The van der Waals surface area contributed by atoms with Crippen molar-refractivity contribution in [3.05, 3.63) is 23.8 Å². The van der Waals surface area contributed by atoms with Gasteiger partial charge in [0.25, 0.3) is 0 Å². The molecule has 0 bridgehead atoms. The Morgan fingerprint density at radius 2 is 1.96 bits per heavy atom. The van der Waals surface area contributed by atoms with Crippen LogP contribution in [0.15, 0.2) is 18.2 Å². The highest BCUT2D eigenvalue weighted by atomic mass is 16.5. The number of anilines is 1. The maximum Gasteiger partial charge on any atom is 0.304 e. The summed E-state index contributed by atoms with van der Waals surface area (Å²) in [4.78, 5) is 22.7. The van der Waals surface area contributed by atoms with E-state index in [0.717, 1.165) is 25.7 Å². The fourth-order valence-electron chi connectivity index (χ4n) is 2.45. The highest BCUT2D eigenvalue weighted by Gasteiger charge is 2.29. The monoisotopic (exact) mass is 361 g/mol. The molecule has 142 valence electrons. The van der Waals surface area contributed by atoms with Crippen molar-refractivity contribution in [2.75, 3.05) is 18.9 Å². The fraction of sp³-hybridized carbons (Fsp3) is 0.526. The van der Waals surface area contributed by atoms with E-state index in [-0.39, 0.29) is 12.3 Å². The molecule has 0 spiro atoms. The second-order valence-electron chi connectivity index (χ2n) is 6.81. The smallest absolute Gasteiger partial charge is 0.304 e. The van der Waals surface area contributed by atoms with E-state index in [4.69, 9.17) is 20.8 Å². The van der Waals surface area contributed by atoms with Gasteiger partial charge in [0.05, 0.1) is 24.1 Å². The van der Waals surface area contributed by atoms with E-state index in [1.807, 2.05) is 6.07 Å². The van der Waals surface area contributed by atoms with Crippen LogP contribution in [0.1, 0.15) is 51.5 Å². The van der Waals surface area contributed by atoms with Crippen molar-refractivity contribution in [2.45, 2.75) is 46.0 Å². The number of benzene rings is 1. The van der Waals surface area contributed by atoms with E-state index in [1.54, 1.807) is 32.0 Å². The molecule has 4 N–H and O–H groups in total. The van der Waals surface area contributed by atoms with Crippen molar-refractivity contribution < 1.29 is 19.4 Å². The van der Waals surface area contributed by atoms with Crippen LogP contribution in [-0.4, -0.2) is 30.1 Å². The second-order valence-corrected chi connectivity index (χ2v) is 6.81.